The van der Waals surface area contributed by atoms with E-state index in [4.69, 9.17) is 4.74 Å². The molecule has 0 unspecified atom stereocenters. The first kappa shape index (κ1) is 19.0. The summed E-state index contributed by atoms with van der Waals surface area (Å²) in [7, 11) is -1.78. The van der Waals surface area contributed by atoms with Crippen LogP contribution in [-0.4, -0.2) is 21.1 Å². The maximum atomic E-state index is 11.9. The summed E-state index contributed by atoms with van der Waals surface area (Å²) in [6.07, 6.45) is 12.5. The Morgan fingerprint density at radius 3 is 2.21 bits per heavy atom. The molecule has 1 aliphatic heterocycles. The zero-order valence-electron chi connectivity index (χ0n) is 14.9. The summed E-state index contributed by atoms with van der Waals surface area (Å²) in [6.45, 7) is 2.24. The minimum atomic E-state index is -3.37. The number of rotatable bonds is 11. The van der Waals surface area contributed by atoms with Crippen LogP contribution in [0.4, 0.5) is 5.69 Å². The molecule has 0 saturated heterocycles. The van der Waals surface area contributed by atoms with E-state index in [-0.39, 0.29) is 4.90 Å². The second-order valence-electron chi connectivity index (χ2n) is 6.49. The van der Waals surface area contributed by atoms with Crippen molar-refractivity contribution in [3.05, 3.63) is 17.7 Å². The number of hydrogen-bond acceptors (Lipinski definition) is 4. The fourth-order valence-electron chi connectivity index (χ4n) is 3.12. The molecule has 1 aromatic rings. The van der Waals surface area contributed by atoms with Crippen LogP contribution in [0.2, 0.25) is 0 Å². The maximum absolute atomic E-state index is 11.9. The lowest BCUT2D eigenvalue weighted by Gasteiger charge is -2.10. The second kappa shape index (κ2) is 9.21. The molecular weight excluding hydrogens is 322 g/mol. The van der Waals surface area contributed by atoms with Crippen molar-refractivity contribution in [3.8, 4) is 5.75 Å². The summed E-state index contributed by atoms with van der Waals surface area (Å²) in [4.78, 5) is 4.27. The first-order valence-electron chi connectivity index (χ1n) is 9.08. The molecule has 0 N–H and O–H groups in total. The summed E-state index contributed by atoms with van der Waals surface area (Å²) < 4.78 is 29.1. The topological polar surface area (TPSA) is 55.7 Å². The van der Waals surface area contributed by atoms with E-state index < -0.39 is 9.84 Å². The Labute approximate surface area is 146 Å². The van der Waals surface area contributed by atoms with Crippen LogP contribution in [-0.2, 0) is 16.3 Å². The molecule has 5 heteroatoms. The highest BCUT2D eigenvalue weighted by molar-refractivity contribution is 8.05. The van der Waals surface area contributed by atoms with E-state index in [2.05, 4.69) is 11.9 Å². The predicted molar refractivity (Wildman–Crippen MR) is 99.3 cm³/mol. The maximum Gasteiger partial charge on any atom is 0.219 e. The van der Waals surface area contributed by atoms with Gasteiger partial charge in [-0.2, -0.15) is 0 Å². The van der Waals surface area contributed by atoms with Crippen molar-refractivity contribution in [2.45, 2.75) is 76.0 Å². The number of aryl methyl sites for hydroxylation is 1. The van der Waals surface area contributed by atoms with Crippen molar-refractivity contribution >= 4 is 21.1 Å². The van der Waals surface area contributed by atoms with Gasteiger partial charge in [-0.3, -0.25) is 0 Å². The molecule has 0 amide bonds. The molecule has 1 heterocycles. The SMILES string of the molecule is CCCCCCCCCCCc1cc2c(cc1OC)S(=O)(=O)C=N2. The van der Waals surface area contributed by atoms with E-state index in [1.165, 1.54) is 51.4 Å². The lowest BCUT2D eigenvalue weighted by molar-refractivity contribution is 0.407. The van der Waals surface area contributed by atoms with Gasteiger partial charge in [0, 0.05) is 6.07 Å². The lowest BCUT2D eigenvalue weighted by Crippen LogP contribution is -1.99. The molecule has 4 nitrogen and oxygen atoms in total. The molecule has 24 heavy (non-hydrogen) atoms. The predicted octanol–water partition coefficient (Wildman–Crippen LogP) is 5.22. The average Bonchev–Trinajstić information content (AvgIpc) is 2.87. The van der Waals surface area contributed by atoms with E-state index in [0.717, 1.165) is 24.0 Å². The molecule has 0 aliphatic carbocycles. The first-order valence-corrected chi connectivity index (χ1v) is 10.6. The molecule has 0 radical (unpaired) electrons. The summed E-state index contributed by atoms with van der Waals surface area (Å²) in [5.41, 5.74) is 2.62. The Morgan fingerprint density at radius 1 is 0.958 bits per heavy atom. The Kier molecular flexibility index (Phi) is 7.28. The van der Waals surface area contributed by atoms with Crippen LogP contribution >= 0.6 is 0 Å². The second-order valence-corrected chi connectivity index (χ2v) is 8.23. The molecule has 134 valence electrons. The van der Waals surface area contributed by atoms with Crippen LogP contribution in [0.1, 0.15) is 70.3 Å². The highest BCUT2D eigenvalue weighted by Gasteiger charge is 2.24. The van der Waals surface area contributed by atoms with E-state index >= 15 is 0 Å². The van der Waals surface area contributed by atoms with Gasteiger partial charge in [-0.1, -0.05) is 58.3 Å². The third-order valence-corrected chi connectivity index (χ3v) is 5.87. The molecule has 0 fully saturated rings. The summed E-state index contributed by atoms with van der Waals surface area (Å²) in [5, 5.41) is 0. The smallest absolute Gasteiger partial charge is 0.219 e. The van der Waals surface area contributed by atoms with Gasteiger partial charge < -0.3 is 4.74 Å². The number of ether oxygens (including phenoxy) is 1. The van der Waals surface area contributed by atoms with Gasteiger partial charge in [0.15, 0.2) is 0 Å². The van der Waals surface area contributed by atoms with Crippen LogP contribution in [0.25, 0.3) is 0 Å². The van der Waals surface area contributed by atoms with Crippen LogP contribution in [0, 0.1) is 0 Å². The number of aliphatic imine (C=N–C) groups is 1. The molecule has 0 aromatic heterocycles. The van der Waals surface area contributed by atoms with Crippen molar-refractivity contribution in [3.63, 3.8) is 0 Å². The molecule has 0 bridgehead atoms. The molecule has 1 aliphatic rings. The van der Waals surface area contributed by atoms with Gasteiger partial charge in [-0.25, -0.2) is 13.4 Å². The van der Waals surface area contributed by atoms with Gasteiger partial charge >= 0.3 is 0 Å². The summed E-state index contributed by atoms with van der Waals surface area (Å²) in [6, 6.07) is 3.47. The van der Waals surface area contributed by atoms with E-state index in [9.17, 15) is 8.42 Å². The molecule has 1 aromatic carbocycles. The standard InChI is InChI=1S/C19H29NO3S/c1-3-4-5-6-7-8-9-10-11-12-16-13-17-19(14-18(16)23-2)24(21,22)15-20-17/h13-15H,3-12H2,1-2H3. The highest BCUT2D eigenvalue weighted by atomic mass is 32.2. The largest absolute Gasteiger partial charge is 0.496 e. The van der Waals surface area contributed by atoms with Crippen LogP contribution in [0.3, 0.4) is 0 Å². The monoisotopic (exact) mass is 351 g/mol. The zero-order valence-corrected chi connectivity index (χ0v) is 15.7. The van der Waals surface area contributed by atoms with E-state index in [0.29, 0.717) is 11.4 Å². The van der Waals surface area contributed by atoms with E-state index in [1.807, 2.05) is 6.07 Å². The van der Waals surface area contributed by atoms with Gasteiger partial charge in [-0.05, 0) is 24.5 Å². The Hall–Kier alpha value is -1.36. The van der Waals surface area contributed by atoms with Crippen molar-refractivity contribution in [2.24, 2.45) is 4.99 Å². The molecule has 0 atom stereocenters. The van der Waals surface area contributed by atoms with Gasteiger partial charge in [0.25, 0.3) is 0 Å². The minimum Gasteiger partial charge on any atom is -0.496 e. The Morgan fingerprint density at radius 2 is 1.58 bits per heavy atom. The third-order valence-electron chi connectivity index (χ3n) is 4.55. The van der Waals surface area contributed by atoms with Crippen molar-refractivity contribution in [1.29, 1.82) is 0 Å². The number of nitrogens with zero attached hydrogens (tertiary/aromatic N) is 1. The highest BCUT2D eigenvalue weighted by Crippen LogP contribution is 2.36. The number of methoxy groups -OCH3 is 1. The van der Waals surface area contributed by atoms with Crippen LogP contribution in [0.15, 0.2) is 22.0 Å². The fraction of sp³-hybridized carbons (Fsp3) is 0.632. The minimum absolute atomic E-state index is 0.259. The van der Waals surface area contributed by atoms with Crippen molar-refractivity contribution in [1.82, 2.24) is 0 Å². The average molecular weight is 352 g/mol. The molecule has 0 saturated carbocycles. The van der Waals surface area contributed by atoms with Crippen LogP contribution in [0.5, 0.6) is 5.75 Å². The molecular formula is C19H29NO3S. The number of hydrogen-bond donors (Lipinski definition) is 0. The number of unbranched alkanes of at least 4 members (excludes halogenated alkanes) is 8. The van der Waals surface area contributed by atoms with Crippen molar-refractivity contribution in [2.75, 3.05) is 7.11 Å². The van der Waals surface area contributed by atoms with Crippen LogP contribution < -0.4 is 4.74 Å². The Bertz CT molecular complexity index is 665. The lowest BCUT2D eigenvalue weighted by atomic mass is 10.0. The Balaban J connectivity index is 1.78. The van der Waals surface area contributed by atoms with Gasteiger partial charge in [-0.15, -0.1) is 0 Å². The zero-order chi connectivity index (χ0) is 17.4. The third kappa shape index (κ3) is 5.07. The summed E-state index contributed by atoms with van der Waals surface area (Å²) >= 11 is 0. The summed E-state index contributed by atoms with van der Waals surface area (Å²) in [5.74, 6) is 0.655. The first-order chi connectivity index (χ1) is 11.6. The van der Waals surface area contributed by atoms with Gasteiger partial charge in [0.2, 0.25) is 9.84 Å². The number of benzene rings is 1. The normalized spacial score (nSPS) is 14.8. The molecule has 2 rings (SSSR count). The van der Waals surface area contributed by atoms with Gasteiger partial charge in [0.1, 0.15) is 16.2 Å². The molecule has 0 spiro atoms. The number of sulfone groups is 1. The fourth-order valence-corrected chi connectivity index (χ4v) is 4.16. The van der Waals surface area contributed by atoms with E-state index in [1.54, 1.807) is 13.2 Å². The van der Waals surface area contributed by atoms with Crippen molar-refractivity contribution < 1.29 is 13.2 Å². The quantitative estimate of drug-likeness (QED) is 0.514. The number of fused-ring (bicyclic) bond motifs is 1. The van der Waals surface area contributed by atoms with Gasteiger partial charge in [0.05, 0.1) is 12.8 Å².